The fourth-order valence-corrected chi connectivity index (χ4v) is 7.52. The fraction of sp³-hybridized carbons (Fsp3) is 0.0385. The summed E-state index contributed by atoms with van der Waals surface area (Å²) in [6.07, 6.45) is 0.568. The van der Waals surface area contributed by atoms with Crippen LogP contribution in [0.1, 0.15) is 10.4 Å². The van der Waals surface area contributed by atoms with Gasteiger partial charge in [-0.1, -0.05) is 72.8 Å². The lowest BCUT2D eigenvalue weighted by atomic mass is 10.2. The van der Waals surface area contributed by atoms with E-state index in [2.05, 4.69) is 78.1 Å². The van der Waals surface area contributed by atoms with Crippen LogP contribution < -0.4 is 21.2 Å². The Morgan fingerprint density at radius 3 is 1.21 bits per heavy atom. The van der Waals surface area contributed by atoms with Gasteiger partial charge in [0.25, 0.3) is 5.91 Å². The van der Waals surface area contributed by atoms with Gasteiger partial charge in [-0.15, -0.1) is 0 Å². The molecule has 34 heavy (non-hydrogen) atoms. The van der Waals surface area contributed by atoms with Gasteiger partial charge in [-0.3, -0.25) is 4.79 Å². The molecule has 0 aliphatic rings. The first kappa shape index (κ1) is 25.2. The maximum atomic E-state index is 12.9. The van der Waals surface area contributed by atoms with Crippen LogP contribution in [0.25, 0.3) is 0 Å². The van der Waals surface area contributed by atoms with Crippen molar-refractivity contribution in [3.8, 4) is 0 Å². The zero-order valence-corrected chi connectivity index (χ0v) is 19.1. The highest BCUT2D eigenvalue weighted by Crippen LogP contribution is 2.54. The van der Waals surface area contributed by atoms with Gasteiger partial charge in [0, 0.05) is 5.56 Å². The Bertz CT molecular complexity index is 1060. The van der Waals surface area contributed by atoms with E-state index in [0.29, 0.717) is 11.8 Å². The van der Waals surface area contributed by atoms with Gasteiger partial charge >= 0.3 is 7.25 Å². The van der Waals surface area contributed by atoms with Crippen LogP contribution in [0.2, 0.25) is 0 Å². The summed E-state index contributed by atoms with van der Waals surface area (Å²) in [5.74, 6) is -0.0437. The molecule has 0 atom stereocenters. The topological polar surface area (TPSA) is 29.1 Å². The van der Waals surface area contributed by atoms with Crippen molar-refractivity contribution in [1.29, 1.82) is 0 Å². The monoisotopic (exact) mass is 483 g/mol. The number of nitrogens with one attached hydrogen (secondary N) is 1. The molecule has 0 bridgehead atoms. The summed E-state index contributed by atoms with van der Waals surface area (Å²) in [5.41, 5.74) is 0.680. The van der Waals surface area contributed by atoms with Crippen molar-refractivity contribution in [3.63, 3.8) is 0 Å². The summed E-state index contributed by atoms with van der Waals surface area (Å²) in [6, 6.07) is 41.1. The quantitative estimate of drug-likeness (QED) is 0.214. The number of rotatable bonds is 6. The van der Waals surface area contributed by atoms with Gasteiger partial charge in [0.2, 0.25) is 0 Å². The Hall–Kier alpha value is -3.44. The molecular formula is C26H23BF4NOP. The molecule has 0 radical (unpaired) electrons. The van der Waals surface area contributed by atoms with E-state index in [1.807, 2.05) is 48.5 Å². The highest BCUT2D eigenvalue weighted by atomic mass is 31.2. The van der Waals surface area contributed by atoms with Gasteiger partial charge in [0.1, 0.15) is 29.5 Å². The molecule has 1 amide bonds. The molecule has 0 spiro atoms. The van der Waals surface area contributed by atoms with E-state index < -0.39 is 14.5 Å². The smallest absolute Gasteiger partial charge is 0.418 e. The van der Waals surface area contributed by atoms with E-state index in [0.717, 1.165) is 0 Å². The van der Waals surface area contributed by atoms with Crippen LogP contribution in [-0.4, -0.2) is 19.4 Å². The van der Waals surface area contributed by atoms with Crippen molar-refractivity contribution in [2.24, 2.45) is 0 Å². The molecule has 0 unspecified atom stereocenters. The van der Waals surface area contributed by atoms with E-state index >= 15 is 0 Å². The number of hydrogen-bond donors (Lipinski definition) is 1. The van der Waals surface area contributed by atoms with Crippen molar-refractivity contribution in [1.82, 2.24) is 5.32 Å². The van der Waals surface area contributed by atoms with Crippen LogP contribution in [0, 0.1) is 0 Å². The molecule has 0 aliphatic carbocycles. The molecule has 0 fully saturated rings. The van der Waals surface area contributed by atoms with E-state index in [9.17, 15) is 22.1 Å². The summed E-state index contributed by atoms with van der Waals surface area (Å²) in [4.78, 5) is 12.9. The van der Waals surface area contributed by atoms with Gasteiger partial charge in [0.05, 0.1) is 0 Å². The number of amides is 1. The summed E-state index contributed by atoms with van der Waals surface area (Å²) < 4.78 is 39.0. The van der Waals surface area contributed by atoms with Crippen molar-refractivity contribution in [2.45, 2.75) is 0 Å². The molecule has 4 aromatic carbocycles. The second kappa shape index (κ2) is 11.6. The van der Waals surface area contributed by atoms with Crippen LogP contribution in [0.3, 0.4) is 0 Å². The lowest BCUT2D eigenvalue weighted by molar-refractivity contribution is 0.0960. The number of hydrogen-bond acceptors (Lipinski definition) is 1. The third kappa shape index (κ3) is 6.78. The molecule has 0 aromatic heterocycles. The minimum Gasteiger partial charge on any atom is -0.418 e. The lowest BCUT2D eigenvalue weighted by Gasteiger charge is -2.27. The number of halogens is 4. The molecule has 0 heterocycles. The van der Waals surface area contributed by atoms with Crippen LogP contribution in [0.5, 0.6) is 0 Å². The van der Waals surface area contributed by atoms with Crippen LogP contribution in [0.4, 0.5) is 17.3 Å². The van der Waals surface area contributed by atoms with Crippen molar-refractivity contribution in [2.75, 3.05) is 6.29 Å². The predicted molar refractivity (Wildman–Crippen MR) is 134 cm³/mol. The molecule has 174 valence electrons. The SMILES string of the molecule is F[B-](F)(F)F.O=C(NC[P+](c1ccccc1)(c1ccccc1)c1ccccc1)c1ccccc1. The highest BCUT2D eigenvalue weighted by molar-refractivity contribution is 7.95. The van der Waals surface area contributed by atoms with Crippen molar-refractivity contribution in [3.05, 3.63) is 127 Å². The third-order valence-electron chi connectivity index (χ3n) is 5.10. The molecule has 0 aliphatic heterocycles. The first-order chi connectivity index (χ1) is 16.3. The Morgan fingerprint density at radius 1 is 0.588 bits per heavy atom. The molecule has 8 heteroatoms. The summed E-state index contributed by atoms with van der Waals surface area (Å²) >= 11 is 0. The lowest BCUT2D eigenvalue weighted by Crippen LogP contribution is -2.39. The third-order valence-corrected chi connectivity index (χ3v) is 9.28. The maximum Gasteiger partial charge on any atom is 0.673 e. The minimum absolute atomic E-state index is 0.0437. The van der Waals surface area contributed by atoms with Crippen molar-refractivity contribution >= 4 is 36.3 Å². The Labute approximate surface area is 197 Å². The summed E-state index contributed by atoms with van der Waals surface area (Å²) in [6.45, 7) is 0. The zero-order valence-electron chi connectivity index (χ0n) is 18.2. The van der Waals surface area contributed by atoms with Crippen LogP contribution >= 0.6 is 7.26 Å². The maximum absolute atomic E-state index is 12.9. The standard InChI is InChI=1S/C26H22NOP.BF4/c28-26(22-13-5-1-6-14-22)27-21-29(23-15-7-2-8-16-23,24-17-9-3-10-18-24)25-19-11-4-12-20-25;2-1(3,4)5/h1-20H,21H2;/q;-1/p+1. The molecule has 1 N–H and O–H groups in total. The highest BCUT2D eigenvalue weighted by Gasteiger charge is 2.45. The fourth-order valence-electron chi connectivity index (χ4n) is 3.65. The van der Waals surface area contributed by atoms with Gasteiger partial charge in [0.15, 0.2) is 0 Å². The van der Waals surface area contributed by atoms with Gasteiger partial charge in [-0.25, -0.2) is 0 Å². The summed E-state index contributed by atoms with van der Waals surface area (Å²) in [5, 5.41) is 7.01. The molecule has 0 saturated heterocycles. The van der Waals surface area contributed by atoms with Crippen LogP contribution in [-0.2, 0) is 0 Å². The average molecular weight is 483 g/mol. The van der Waals surface area contributed by atoms with Crippen LogP contribution in [0.15, 0.2) is 121 Å². The largest absolute Gasteiger partial charge is 0.673 e. The molecule has 0 saturated carbocycles. The molecule has 2 nitrogen and oxygen atoms in total. The Balaban J connectivity index is 0.000000588. The van der Waals surface area contributed by atoms with Gasteiger partial charge in [-0.05, 0) is 48.5 Å². The van der Waals surface area contributed by atoms with Gasteiger partial charge in [-0.2, -0.15) is 0 Å². The normalized spacial score (nSPS) is 11.2. The minimum atomic E-state index is -6.00. The van der Waals surface area contributed by atoms with Gasteiger partial charge < -0.3 is 22.6 Å². The summed E-state index contributed by atoms with van der Waals surface area (Å²) in [7, 11) is -8.06. The van der Waals surface area contributed by atoms with Crippen molar-refractivity contribution < 1.29 is 22.1 Å². The average Bonchev–Trinajstić information content (AvgIpc) is 2.86. The molecule has 4 aromatic rings. The first-order valence-corrected chi connectivity index (χ1v) is 12.5. The first-order valence-electron chi connectivity index (χ1n) is 10.6. The van der Waals surface area contributed by atoms with E-state index in [1.165, 1.54) is 15.9 Å². The predicted octanol–water partition coefficient (Wildman–Crippen LogP) is 5.67. The number of carbonyl (C=O) groups excluding carboxylic acids is 1. The molecule has 4 rings (SSSR count). The Morgan fingerprint density at radius 2 is 0.882 bits per heavy atom. The number of benzene rings is 4. The van der Waals surface area contributed by atoms with E-state index in [4.69, 9.17) is 0 Å². The van der Waals surface area contributed by atoms with E-state index in [-0.39, 0.29) is 5.91 Å². The molecular weight excluding hydrogens is 460 g/mol. The van der Waals surface area contributed by atoms with E-state index in [1.54, 1.807) is 0 Å². The second-order valence-corrected chi connectivity index (χ2v) is 10.8. The second-order valence-electron chi connectivity index (χ2n) is 7.34. The zero-order chi connectivity index (χ0) is 24.4. The number of carbonyl (C=O) groups is 1. The Kier molecular flexibility index (Phi) is 8.61.